The van der Waals surface area contributed by atoms with Gasteiger partial charge >= 0.3 is 0 Å². The fourth-order valence-electron chi connectivity index (χ4n) is 1.84. The Morgan fingerprint density at radius 1 is 1.63 bits per heavy atom. The average molecular weight is 346 g/mol. The Bertz CT molecular complexity index is 452. The first-order chi connectivity index (χ1) is 8.78. The van der Waals surface area contributed by atoms with Crippen molar-refractivity contribution < 1.29 is 9.90 Å². The van der Waals surface area contributed by atoms with Crippen molar-refractivity contribution in [2.24, 2.45) is 5.41 Å². The first-order valence-corrected chi connectivity index (χ1v) is 7.84. The van der Waals surface area contributed by atoms with Crippen LogP contribution in [0.4, 0.5) is 0 Å². The van der Waals surface area contributed by atoms with Gasteiger partial charge in [0.15, 0.2) is 0 Å². The Hall–Kier alpha value is -0.650. The lowest BCUT2D eigenvalue weighted by molar-refractivity contribution is -0.117. The predicted molar refractivity (Wildman–Crippen MR) is 84.1 cm³/mol. The Balaban J connectivity index is 2.41. The molecule has 1 heterocycles. The molecule has 0 fully saturated rings. The number of rotatable bonds is 6. The van der Waals surface area contributed by atoms with Crippen LogP contribution in [-0.2, 0) is 4.79 Å². The Labute approximate surface area is 126 Å². The van der Waals surface area contributed by atoms with Crippen LogP contribution < -0.4 is 5.32 Å². The summed E-state index contributed by atoms with van der Waals surface area (Å²) < 4.78 is 1.05. The molecule has 0 radical (unpaired) electrons. The number of aliphatic hydroxyl groups excluding tert-OH is 1. The number of halogens is 1. The van der Waals surface area contributed by atoms with Crippen LogP contribution in [0.3, 0.4) is 0 Å². The topological polar surface area (TPSA) is 49.3 Å². The fraction of sp³-hybridized carbons (Fsp3) is 0.500. The largest absolute Gasteiger partial charge is 0.393 e. The van der Waals surface area contributed by atoms with Crippen molar-refractivity contribution in [1.82, 2.24) is 5.32 Å². The van der Waals surface area contributed by atoms with Gasteiger partial charge in [-0.1, -0.05) is 13.8 Å². The van der Waals surface area contributed by atoms with Crippen LogP contribution in [0.2, 0.25) is 0 Å². The molecule has 2 N–H and O–H groups in total. The third kappa shape index (κ3) is 6.89. The van der Waals surface area contributed by atoms with Crippen LogP contribution in [0.1, 0.15) is 32.8 Å². The summed E-state index contributed by atoms with van der Waals surface area (Å²) in [6.45, 7) is 6.37. The first-order valence-electron chi connectivity index (χ1n) is 6.16. The van der Waals surface area contributed by atoms with Crippen molar-refractivity contribution in [2.45, 2.75) is 33.3 Å². The normalized spacial score (nSPS) is 13.7. The van der Waals surface area contributed by atoms with E-state index in [9.17, 15) is 9.90 Å². The van der Waals surface area contributed by atoms with E-state index in [4.69, 9.17) is 0 Å². The molecule has 0 aliphatic carbocycles. The van der Waals surface area contributed by atoms with Crippen LogP contribution >= 0.6 is 27.3 Å². The molecule has 106 valence electrons. The number of amides is 1. The predicted octanol–water partition coefficient (Wildman–Crippen LogP) is 3.44. The van der Waals surface area contributed by atoms with Crippen molar-refractivity contribution in [3.8, 4) is 0 Å². The van der Waals surface area contributed by atoms with Gasteiger partial charge in [-0.2, -0.15) is 0 Å². The number of hydrogen-bond acceptors (Lipinski definition) is 3. The smallest absolute Gasteiger partial charge is 0.244 e. The molecule has 1 unspecified atom stereocenters. The molecule has 1 aromatic rings. The molecule has 0 aromatic carbocycles. The summed E-state index contributed by atoms with van der Waals surface area (Å²) in [7, 11) is 0. The van der Waals surface area contributed by atoms with E-state index in [0.717, 1.165) is 9.35 Å². The Morgan fingerprint density at radius 2 is 2.32 bits per heavy atom. The van der Waals surface area contributed by atoms with Gasteiger partial charge in [0, 0.05) is 12.6 Å². The Kier molecular flexibility index (Phi) is 6.23. The fourth-order valence-corrected chi connectivity index (χ4v) is 2.98. The molecule has 0 saturated heterocycles. The minimum Gasteiger partial charge on any atom is -0.393 e. The highest BCUT2D eigenvalue weighted by Crippen LogP contribution is 2.22. The lowest BCUT2D eigenvalue weighted by atomic mass is 9.87. The monoisotopic (exact) mass is 345 g/mol. The standard InChI is InChI=1S/C14H20BrNO2S/c1-10(17)7-14(2,3)9-16-13(18)5-4-11-6-12(15)19-8-11/h4-6,8,10,17H,7,9H2,1-3H3,(H,16,18)/b5-4+. The average Bonchev–Trinajstić information content (AvgIpc) is 2.68. The summed E-state index contributed by atoms with van der Waals surface area (Å²) in [5, 5.41) is 14.2. The molecule has 5 heteroatoms. The van der Waals surface area contributed by atoms with E-state index < -0.39 is 0 Å². The summed E-state index contributed by atoms with van der Waals surface area (Å²) in [4.78, 5) is 11.7. The molecule has 3 nitrogen and oxygen atoms in total. The van der Waals surface area contributed by atoms with Gasteiger partial charge in [0.1, 0.15) is 0 Å². The SMILES string of the molecule is CC(O)CC(C)(C)CNC(=O)/C=C/c1csc(Br)c1. The van der Waals surface area contributed by atoms with Crippen LogP contribution in [0.25, 0.3) is 6.08 Å². The van der Waals surface area contributed by atoms with E-state index in [-0.39, 0.29) is 17.4 Å². The molecular weight excluding hydrogens is 326 g/mol. The molecule has 0 spiro atoms. The summed E-state index contributed by atoms with van der Waals surface area (Å²) in [5.74, 6) is -0.110. The molecule has 0 bridgehead atoms. The second-order valence-electron chi connectivity index (χ2n) is 5.45. The van der Waals surface area contributed by atoms with Gasteiger partial charge in [-0.15, -0.1) is 11.3 Å². The molecule has 0 aliphatic heterocycles. The molecule has 19 heavy (non-hydrogen) atoms. The van der Waals surface area contributed by atoms with Gasteiger partial charge < -0.3 is 10.4 Å². The van der Waals surface area contributed by atoms with E-state index in [0.29, 0.717) is 13.0 Å². The van der Waals surface area contributed by atoms with Crippen LogP contribution in [0.15, 0.2) is 21.3 Å². The molecule has 1 rings (SSSR count). The third-order valence-electron chi connectivity index (χ3n) is 2.60. The second kappa shape index (κ2) is 7.22. The van der Waals surface area contributed by atoms with E-state index in [2.05, 4.69) is 21.2 Å². The van der Waals surface area contributed by atoms with Crippen molar-refractivity contribution in [3.63, 3.8) is 0 Å². The molecule has 1 amide bonds. The molecule has 0 saturated carbocycles. The second-order valence-corrected chi connectivity index (χ2v) is 7.74. The van der Waals surface area contributed by atoms with E-state index >= 15 is 0 Å². The van der Waals surface area contributed by atoms with Gasteiger partial charge in [0.2, 0.25) is 5.91 Å². The van der Waals surface area contributed by atoms with E-state index in [1.54, 1.807) is 24.3 Å². The maximum absolute atomic E-state index is 11.7. The zero-order chi connectivity index (χ0) is 14.5. The maximum Gasteiger partial charge on any atom is 0.244 e. The van der Waals surface area contributed by atoms with Gasteiger partial charge in [-0.25, -0.2) is 0 Å². The molecule has 0 aliphatic rings. The highest BCUT2D eigenvalue weighted by Gasteiger charge is 2.20. The van der Waals surface area contributed by atoms with Crippen LogP contribution in [0.5, 0.6) is 0 Å². The number of aliphatic hydroxyl groups is 1. The first kappa shape index (κ1) is 16.4. The van der Waals surface area contributed by atoms with E-state index in [1.807, 2.05) is 25.3 Å². The highest BCUT2D eigenvalue weighted by atomic mass is 79.9. The lowest BCUT2D eigenvalue weighted by Crippen LogP contribution is -2.34. The summed E-state index contributed by atoms with van der Waals surface area (Å²) in [5.41, 5.74) is 0.901. The molecule has 1 aromatic heterocycles. The summed E-state index contributed by atoms with van der Waals surface area (Å²) in [6.07, 6.45) is 3.63. The quantitative estimate of drug-likeness (QED) is 0.776. The molecular formula is C14H20BrNO2S. The lowest BCUT2D eigenvalue weighted by Gasteiger charge is -2.26. The summed E-state index contributed by atoms with van der Waals surface area (Å²) in [6, 6.07) is 1.96. The number of carbonyl (C=O) groups is 1. The van der Waals surface area contributed by atoms with Gasteiger partial charge in [-0.05, 0) is 57.8 Å². The van der Waals surface area contributed by atoms with Gasteiger partial charge in [0.05, 0.1) is 9.89 Å². The minimum absolute atomic E-state index is 0.108. The van der Waals surface area contributed by atoms with Crippen LogP contribution in [0, 0.1) is 5.41 Å². The number of nitrogens with one attached hydrogen (secondary N) is 1. The zero-order valence-electron chi connectivity index (χ0n) is 11.4. The highest BCUT2D eigenvalue weighted by molar-refractivity contribution is 9.11. The Morgan fingerprint density at radius 3 is 2.84 bits per heavy atom. The number of carbonyl (C=O) groups excluding carboxylic acids is 1. The molecule has 1 atom stereocenters. The number of hydrogen-bond donors (Lipinski definition) is 2. The van der Waals surface area contributed by atoms with Crippen LogP contribution in [-0.4, -0.2) is 23.7 Å². The van der Waals surface area contributed by atoms with Gasteiger partial charge in [-0.3, -0.25) is 4.79 Å². The van der Waals surface area contributed by atoms with Crippen molar-refractivity contribution in [3.05, 3.63) is 26.9 Å². The van der Waals surface area contributed by atoms with E-state index in [1.165, 1.54) is 6.08 Å². The van der Waals surface area contributed by atoms with Crippen molar-refractivity contribution >= 4 is 39.2 Å². The number of thiophene rings is 1. The summed E-state index contributed by atoms with van der Waals surface area (Å²) >= 11 is 4.97. The maximum atomic E-state index is 11.7. The van der Waals surface area contributed by atoms with Crippen molar-refractivity contribution in [2.75, 3.05) is 6.54 Å². The third-order valence-corrected chi connectivity index (χ3v) is 4.13. The van der Waals surface area contributed by atoms with Crippen molar-refractivity contribution in [1.29, 1.82) is 0 Å². The minimum atomic E-state index is -0.356. The van der Waals surface area contributed by atoms with Gasteiger partial charge in [0.25, 0.3) is 0 Å². The zero-order valence-corrected chi connectivity index (χ0v) is 13.8.